The summed E-state index contributed by atoms with van der Waals surface area (Å²) in [5.74, 6) is 0. The fourth-order valence-electron chi connectivity index (χ4n) is 1.20. The number of nitrogens with zero attached hydrogens (tertiary/aromatic N) is 2. The summed E-state index contributed by atoms with van der Waals surface area (Å²) in [4.78, 5) is 0. The third-order valence-corrected chi connectivity index (χ3v) is 2.48. The van der Waals surface area contributed by atoms with Crippen LogP contribution in [0.4, 0.5) is 0 Å². The van der Waals surface area contributed by atoms with Gasteiger partial charge in [0, 0.05) is 17.7 Å². The predicted molar refractivity (Wildman–Crippen MR) is 56.2 cm³/mol. The van der Waals surface area contributed by atoms with Crippen molar-refractivity contribution in [2.75, 3.05) is 0 Å². The fourth-order valence-corrected chi connectivity index (χ4v) is 1.55. The number of hydrogen-bond acceptors (Lipinski definition) is 1. The number of rotatable bonds is 2. The third-order valence-electron chi connectivity index (χ3n) is 1.83. The summed E-state index contributed by atoms with van der Waals surface area (Å²) in [7, 11) is 0. The largest absolute Gasteiger partial charge is 0.241 e. The zero-order valence-corrected chi connectivity index (χ0v) is 8.61. The lowest BCUT2D eigenvalue weighted by atomic mass is 10.2. The molecule has 0 bridgehead atoms. The van der Waals surface area contributed by atoms with E-state index < -0.39 is 0 Å². The Kier molecular flexibility index (Phi) is 2.45. The summed E-state index contributed by atoms with van der Waals surface area (Å²) >= 11 is 3.43. The number of aromatic nitrogens is 2. The number of benzene rings is 1. The van der Waals surface area contributed by atoms with Gasteiger partial charge in [-0.1, -0.05) is 28.1 Å². The Balaban J connectivity index is 2.41. The van der Waals surface area contributed by atoms with Gasteiger partial charge in [-0.15, -0.1) is 0 Å². The van der Waals surface area contributed by atoms with Crippen molar-refractivity contribution in [3.05, 3.63) is 48.3 Å². The van der Waals surface area contributed by atoms with E-state index in [2.05, 4.69) is 33.2 Å². The average Bonchev–Trinajstić information content (AvgIpc) is 2.71. The van der Waals surface area contributed by atoms with Gasteiger partial charge in [0.05, 0.1) is 5.69 Å². The van der Waals surface area contributed by atoms with Crippen LogP contribution in [0.2, 0.25) is 0 Å². The monoisotopic (exact) mass is 236 g/mol. The highest BCUT2D eigenvalue weighted by Crippen LogP contribution is 2.11. The van der Waals surface area contributed by atoms with Crippen molar-refractivity contribution in [1.29, 1.82) is 0 Å². The molecule has 0 aliphatic carbocycles. The zero-order valence-electron chi connectivity index (χ0n) is 7.02. The number of alkyl halides is 1. The maximum Gasteiger partial charge on any atom is 0.0648 e. The summed E-state index contributed by atoms with van der Waals surface area (Å²) in [5.41, 5.74) is 2.36. The SMILES string of the molecule is BrCc1cccc(-n2cccn2)c1. The Morgan fingerprint density at radius 3 is 2.92 bits per heavy atom. The van der Waals surface area contributed by atoms with Gasteiger partial charge in [0.15, 0.2) is 0 Å². The molecule has 1 heterocycles. The lowest BCUT2D eigenvalue weighted by Crippen LogP contribution is -1.94. The maximum atomic E-state index is 4.16. The molecule has 0 radical (unpaired) electrons. The Labute approximate surface area is 85.3 Å². The van der Waals surface area contributed by atoms with E-state index in [0.29, 0.717) is 0 Å². The first-order valence-electron chi connectivity index (χ1n) is 4.05. The van der Waals surface area contributed by atoms with Crippen LogP contribution in [0.25, 0.3) is 5.69 Å². The second kappa shape index (κ2) is 3.75. The van der Waals surface area contributed by atoms with Crippen LogP contribution in [-0.2, 0) is 5.33 Å². The molecule has 0 amide bonds. The quantitative estimate of drug-likeness (QED) is 0.734. The molecule has 2 aromatic rings. The first-order chi connectivity index (χ1) is 6.40. The van der Waals surface area contributed by atoms with Crippen molar-refractivity contribution in [3.8, 4) is 5.69 Å². The average molecular weight is 237 g/mol. The molecule has 0 spiro atoms. The van der Waals surface area contributed by atoms with Crippen LogP contribution in [0.1, 0.15) is 5.56 Å². The topological polar surface area (TPSA) is 17.8 Å². The van der Waals surface area contributed by atoms with Crippen LogP contribution in [0, 0.1) is 0 Å². The molecule has 66 valence electrons. The summed E-state index contributed by atoms with van der Waals surface area (Å²) in [6.07, 6.45) is 3.72. The molecule has 2 rings (SSSR count). The molecule has 0 N–H and O–H groups in total. The van der Waals surface area contributed by atoms with Crippen molar-refractivity contribution in [3.63, 3.8) is 0 Å². The number of halogens is 1. The van der Waals surface area contributed by atoms with Gasteiger partial charge < -0.3 is 0 Å². The van der Waals surface area contributed by atoms with E-state index in [1.807, 2.05) is 29.1 Å². The summed E-state index contributed by atoms with van der Waals surface area (Å²) in [5, 5.41) is 5.04. The highest BCUT2D eigenvalue weighted by Gasteiger charge is 1.96. The molecule has 13 heavy (non-hydrogen) atoms. The smallest absolute Gasteiger partial charge is 0.0648 e. The fraction of sp³-hybridized carbons (Fsp3) is 0.100. The minimum absolute atomic E-state index is 0.877. The minimum Gasteiger partial charge on any atom is -0.241 e. The Morgan fingerprint density at radius 1 is 1.31 bits per heavy atom. The van der Waals surface area contributed by atoms with Crippen molar-refractivity contribution in [2.24, 2.45) is 0 Å². The van der Waals surface area contributed by atoms with E-state index in [1.165, 1.54) is 5.56 Å². The van der Waals surface area contributed by atoms with Gasteiger partial charge in [0.1, 0.15) is 0 Å². The van der Waals surface area contributed by atoms with Crippen LogP contribution in [-0.4, -0.2) is 9.78 Å². The van der Waals surface area contributed by atoms with E-state index in [-0.39, 0.29) is 0 Å². The summed E-state index contributed by atoms with van der Waals surface area (Å²) in [6, 6.07) is 10.2. The van der Waals surface area contributed by atoms with Crippen LogP contribution in [0.3, 0.4) is 0 Å². The van der Waals surface area contributed by atoms with Crippen LogP contribution in [0.15, 0.2) is 42.7 Å². The predicted octanol–water partition coefficient (Wildman–Crippen LogP) is 2.77. The summed E-state index contributed by atoms with van der Waals surface area (Å²) < 4.78 is 1.85. The van der Waals surface area contributed by atoms with Crippen LogP contribution >= 0.6 is 15.9 Å². The van der Waals surface area contributed by atoms with Crippen molar-refractivity contribution < 1.29 is 0 Å². The van der Waals surface area contributed by atoms with Gasteiger partial charge in [0.2, 0.25) is 0 Å². The lowest BCUT2D eigenvalue weighted by Gasteiger charge is -2.02. The van der Waals surface area contributed by atoms with Crippen molar-refractivity contribution in [1.82, 2.24) is 9.78 Å². The molecule has 0 saturated heterocycles. The normalized spacial score (nSPS) is 10.2. The van der Waals surface area contributed by atoms with E-state index in [0.717, 1.165) is 11.0 Å². The molecule has 3 heteroatoms. The Hall–Kier alpha value is -1.09. The van der Waals surface area contributed by atoms with E-state index in [1.54, 1.807) is 6.20 Å². The molecule has 0 atom stereocenters. The van der Waals surface area contributed by atoms with Gasteiger partial charge in [-0.3, -0.25) is 0 Å². The summed E-state index contributed by atoms with van der Waals surface area (Å²) in [6.45, 7) is 0. The molecule has 1 aromatic carbocycles. The molecule has 0 aliphatic heterocycles. The van der Waals surface area contributed by atoms with Crippen LogP contribution < -0.4 is 0 Å². The first-order valence-corrected chi connectivity index (χ1v) is 5.17. The van der Waals surface area contributed by atoms with Crippen molar-refractivity contribution in [2.45, 2.75) is 5.33 Å². The van der Waals surface area contributed by atoms with Gasteiger partial charge in [-0.2, -0.15) is 5.10 Å². The molecule has 0 aliphatic rings. The van der Waals surface area contributed by atoms with Gasteiger partial charge in [0.25, 0.3) is 0 Å². The molecule has 0 saturated carbocycles. The molecule has 0 unspecified atom stereocenters. The first kappa shape index (κ1) is 8.51. The minimum atomic E-state index is 0.877. The Morgan fingerprint density at radius 2 is 2.23 bits per heavy atom. The molecule has 1 aromatic heterocycles. The molecular formula is C10H9BrN2. The molecular weight excluding hydrogens is 228 g/mol. The second-order valence-corrected chi connectivity index (χ2v) is 3.31. The van der Waals surface area contributed by atoms with Crippen molar-refractivity contribution >= 4 is 15.9 Å². The van der Waals surface area contributed by atoms with E-state index >= 15 is 0 Å². The second-order valence-electron chi connectivity index (χ2n) is 2.75. The molecule has 2 nitrogen and oxygen atoms in total. The van der Waals surface area contributed by atoms with Crippen LogP contribution in [0.5, 0.6) is 0 Å². The maximum absolute atomic E-state index is 4.16. The van der Waals surface area contributed by atoms with Gasteiger partial charge in [-0.25, -0.2) is 4.68 Å². The Bertz CT molecular complexity index is 382. The number of hydrogen-bond donors (Lipinski definition) is 0. The highest BCUT2D eigenvalue weighted by atomic mass is 79.9. The third kappa shape index (κ3) is 1.80. The van der Waals surface area contributed by atoms with Gasteiger partial charge >= 0.3 is 0 Å². The van der Waals surface area contributed by atoms with E-state index in [4.69, 9.17) is 0 Å². The lowest BCUT2D eigenvalue weighted by molar-refractivity contribution is 0.879. The zero-order chi connectivity index (χ0) is 9.10. The highest BCUT2D eigenvalue weighted by molar-refractivity contribution is 9.08. The van der Waals surface area contributed by atoms with Gasteiger partial charge in [-0.05, 0) is 23.8 Å². The standard InChI is InChI=1S/C10H9BrN2/c11-8-9-3-1-4-10(7-9)13-6-2-5-12-13/h1-7H,8H2. The molecule has 0 fully saturated rings. The van der Waals surface area contributed by atoms with E-state index in [9.17, 15) is 0 Å².